The minimum Gasteiger partial charge on any atom is -0.389 e. The highest BCUT2D eigenvalue weighted by molar-refractivity contribution is 7.89. The molecule has 0 saturated heterocycles. The maximum atomic E-state index is 12.6. The number of rotatable bonds is 6. The Hall–Kier alpha value is -0.690. The van der Waals surface area contributed by atoms with E-state index in [0.29, 0.717) is 18.7 Å². The van der Waals surface area contributed by atoms with Crippen molar-refractivity contribution >= 4 is 38.8 Å². The summed E-state index contributed by atoms with van der Waals surface area (Å²) in [6, 6.07) is 4.51. The van der Waals surface area contributed by atoms with Crippen molar-refractivity contribution in [2.45, 2.75) is 25.7 Å². The number of nitrogens with two attached hydrogens (primary N) is 1. The molecule has 1 aromatic rings. The molecule has 1 aromatic carbocycles. The van der Waals surface area contributed by atoms with Gasteiger partial charge in [-0.2, -0.15) is 4.31 Å². The SMILES string of the molecule is CCN(CC(C)C)S(=O)(=O)c1ccc(C(N)=S)cc1Cl. The van der Waals surface area contributed by atoms with Crippen LogP contribution in [0.3, 0.4) is 0 Å². The van der Waals surface area contributed by atoms with Crippen LogP contribution in [-0.4, -0.2) is 30.8 Å². The molecule has 0 aromatic heterocycles. The van der Waals surface area contributed by atoms with Crippen molar-refractivity contribution in [1.82, 2.24) is 4.31 Å². The van der Waals surface area contributed by atoms with Crippen molar-refractivity contribution in [1.29, 1.82) is 0 Å². The van der Waals surface area contributed by atoms with Gasteiger partial charge >= 0.3 is 0 Å². The molecule has 0 aliphatic rings. The first-order valence-electron chi connectivity index (χ1n) is 6.29. The molecule has 7 heteroatoms. The van der Waals surface area contributed by atoms with E-state index in [1.807, 2.05) is 13.8 Å². The highest BCUT2D eigenvalue weighted by Gasteiger charge is 2.26. The summed E-state index contributed by atoms with van der Waals surface area (Å²) < 4.78 is 26.6. The molecule has 112 valence electrons. The van der Waals surface area contributed by atoms with Gasteiger partial charge in [0.15, 0.2) is 0 Å². The minimum absolute atomic E-state index is 0.0849. The molecular weight excluding hydrogens is 316 g/mol. The van der Waals surface area contributed by atoms with Gasteiger partial charge in [-0.3, -0.25) is 0 Å². The predicted molar refractivity (Wildman–Crippen MR) is 86.6 cm³/mol. The maximum absolute atomic E-state index is 12.6. The number of thiocarbonyl (C=S) groups is 1. The second kappa shape index (κ2) is 6.85. The predicted octanol–water partition coefficient (Wildman–Crippen LogP) is 2.64. The fourth-order valence-electron chi connectivity index (χ4n) is 1.81. The van der Waals surface area contributed by atoms with E-state index in [2.05, 4.69) is 0 Å². The van der Waals surface area contributed by atoms with Gasteiger partial charge < -0.3 is 5.73 Å². The Kier molecular flexibility index (Phi) is 5.94. The highest BCUT2D eigenvalue weighted by Crippen LogP contribution is 2.26. The van der Waals surface area contributed by atoms with Crippen LogP contribution in [0, 0.1) is 5.92 Å². The topological polar surface area (TPSA) is 63.4 Å². The van der Waals surface area contributed by atoms with Gasteiger partial charge in [-0.25, -0.2) is 8.42 Å². The third-order valence-corrected chi connectivity index (χ3v) is 5.42. The lowest BCUT2D eigenvalue weighted by atomic mass is 10.2. The molecular formula is C13H19ClN2O2S2. The zero-order valence-corrected chi connectivity index (χ0v) is 14.1. The molecule has 0 saturated carbocycles. The van der Waals surface area contributed by atoms with Gasteiger partial charge in [0.1, 0.15) is 9.88 Å². The monoisotopic (exact) mass is 334 g/mol. The summed E-state index contributed by atoms with van der Waals surface area (Å²) >= 11 is 10.9. The summed E-state index contributed by atoms with van der Waals surface area (Å²) in [6.07, 6.45) is 0. The summed E-state index contributed by atoms with van der Waals surface area (Å²) in [6.45, 7) is 6.59. The smallest absolute Gasteiger partial charge is 0.244 e. The summed E-state index contributed by atoms with van der Waals surface area (Å²) in [7, 11) is -3.60. The van der Waals surface area contributed by atoms with Crippen LogP contribution in [0.5, 0.6) is 0 Å². The molecule has 2 N–H and O–H groups in total. The Bertz CT molecular complexity index is 600. The van der Waals surface area contributed by atoms with Crippen molar-refractivity contribution in [2.75, 3.05) is 13.1 Å². The van der Waals surface area contributed by atoms with Crippen LogP contribution in [-0.2, 0) is 10.0 Å². The average molecular weight is 335 g/mol. The van der Waals surface area contributed by atoms with Crippen LogP contribution in [0.2, 0.25) is 5.02 Å². The van der Waals surface area contributed by atoms with Crippen molar-refractivity contribution in [2.24, 2.45) is 11.7 Å². The lowest BCUT2D eigenvalue weighted by Crippen LogP contribution is -2.34. The number of benzene rings is 1. The van der Waals surface area contributed by atoms with Gasteiger partial charge in [0.25, 0.3) is 0 Å². The largest absolute Gasteiger partial charge is 0.389 e. The van der Waals surface area contributed by atoms with E-state index in [1.165, 1.54) is 16.4 Å². The van der Waals surface area contributed by atoms with Gasteiger partial charge in [-0.15, -0.1) is 0 Å². The Balaban J connectivity index is 3.24. The molecule has 0 amide bonds. The first-order valence-corrected chi connectivity index (χ1v) is 8.52. The van der Waals surface area contributed by atoms with Gasteiger partial charge in [0.05, 0.1) is 5.02 Å². The van der Waals surface area contributed by atoms with E-state index >= 15 is 0 Å². The Morgan fingerprint density at radius 2 is 2.05 bits per heavy atom. The zero-order chi connectivity index (χ0) is 15.5. The number of nitrogens with zero attached hydrogens (tertiary/aromatic N) is 1. The van der Waals surface area contributed by atoms with Crippen LogP contribution >= 0.6 is 23.8 Å². The Morgan fingerprint density at radius 3 is 2.45 bits per heavy atom. The van der Waals surface area contributed by atoms with Gasteiger partial charge in [-0.05, 0) is 18.1 Å². The van der Waals surface area contributed by atoms with Crippen LogP contribution < -0.4 is 5.73 Å². The molecule has 20 heavy (non-hydrogen) atoms. The molecule has 0 fully saturated rings. The quantitative estimate of drug-likeness (QED) is 0.812. The van der Waals surface area contributed by atoms with Gasteiger partial charge in [-0.1, -0.05) is 50.7 Å². The van der Waals surface area contributed by atoms with Crippen LogP contribution in [0.1, 0.15) is 26.3 Å². The lowest BCUT2D eigenvalue weighted by molar-refractivity contribution is 0.381. The van der Waals surface area contributed by atoms with E-state index in [-0.39, 0.29) is 20.8 Å². The van der Waals surface area contributed by atoms with E-state index < -0.39 is 10.0 Å². The van der Waals surface area contributed by atoms with Crippen molar-refractivity contribution < 1.29 is 8.42 Å². The summed E-state index contributed by atoms with van der Waals surface area (Å²) in [5.74, 6) is 0.236. The summed E-state index contributed by atoms with van der Waals surface area (Å²) in [5, 5.41) is 0.137. The van der Waals surface area contributed by atoms with E-state index in [9.17, 15) is 8.42 Å². The molecule has 0 aliphatic heterocycles. The second-order valence-electron chi connectivity index (χ2n) is 4.86. The Morgan fingerprint density at radius 1 is 1.45 bits per heavy atom. The summed E-state index contributed by atoms with van der Waals surface area (Å²) in [5.41, 5.74) is 6.06. The third-order valence-electron chi connectivity index (χ3n) is 2.76. The molecule has 0 heterocycles. The first-order chi connectivity index (χ1) is 9.20. The fourth-order valence-corrected chi connectivity index (χ4v) is 4.06. The molecule has 0 aliphatic carbocycles. The maximum Gasteiger partial charge on any atom is 0.244 e. The normalized spacial score (nSPS) is 12.1. The Labute approximate surface area is 131 Å². The molecule has 4 nitrogen and oxygen atoms in total. The molecule has 0 spiro atoms. The molecule has 0 atom stereocenters. The third kappa shape index (κ3) is 3.91. The highest BCUT2D eigenvalue weighted by atomic mass is 35.5. The molecule has 0 unspecified atom stereocenters. The van der Waals surface area contributed by atoms with Crippen LogP contribution in [0.25, 0.3) is 0 Å². The number of halogens is 1. The molecule has 1 rings (SSSR count). The van der Waals surface area contributed by atoms with Crippen molar-refractivity contribution in [3.63, 3.8) is 0 Å². The average Bonchev–Trinajstić information content (AvgIpc) is 2.34. The van der Waals surface area contributed by atoms with Gasteiger partial charge in [0, 0.05) is 18.7 Å². The van der Waals surface area contributed by atoms with Gasteiger partial charge in [0.2, 0.25) is 10.0 Å². The standard InChI is InChI=1S/C13H19ClN2O2S2/c1-4-16(8-9(2)3)20(17,18)12-6-5-10(13(15)19)7-11(12)14/h5-7,9H,4,8H2,1-3H3,(H2,15,19). The van der Waals surface area contributed by atoms with Crippen molar-refractivity contribution in [3.8, 4) is 0 Å². The number of hydrogen-bond acceptors (Lipinski definition) is 3. The van der Waals surface area contributed by atoms with Crippen LogP contribution in [0.4, 0.5) is 0 Å². The first kappa shape index (κ1) is 17.4. The molecule has 0 radical (unpaired) electrons. The molecule has 0 bridgehead atoms. The fraction of sp³-hybridized carbons (Fsp3) is 0.462. The lowest BCUT2D eigenvalue weighted by Gasteiger charge is -2.23. The van der Waals surface area contributed by atoms with Crippen LogP contribution in [0.15, 0.2) is 23.1 Å². The summed E-state index contributed by atoms with van der Waals surface area (Å²) in [4.78, 5) is 0.270. The van der Waals surface area contributed by atoms with E-state index in [0.717, 1.165) is 0 Å². The number of sulfonamides is 1. The number of hydrogen-bond donors (Lipinski definition) is 1. The minimum atomic E-state index is -3.60. The zero-order valence-electron chi connectivity index (χ0n) is 11.8. The second-order valence-corrected chi connectivity index (χ2v) is 7.61. The van der Waals surface area contributed by atoms with Crippen molar-refractivity contribution in [3.05, 3.63) is 28.8 Å². The van der Waals surface area contributed by atoms with E-state index in [4.69, 9.17) is 29.6 Å². The van der Waals surface area contributed by atoms with E-state index in [1.54, 1.807) is 13.0 Å².